The van der Waals surface area contributed by atoms with Crippen LogP contribution in [0, 0.1) is 6.92 Å². The van der Waals surface area contributed by atoms with Crippen molar-refractivity contribution in [3.05, 3.63) is 70.0 Å². The van der Waals surface area contributed by atoms with E-state index in [1.807, 2.05) is 25.1 Å². The SMILES string of the molecule is CCc1ccc(-c2c(C)c(=O)[nH]c3ccccc23)cc1. The van der Waals surface area contributed by atoms with Gasteiger partial charge in [0.15, 0.2) is 0 Å². The number of nitrogens with one attached hydrogen (secondary N) is 1. The van der Waals surface area contributed by atoms with Crippen molar-refractivity contribution in [3.63, 3.8) is 0 Å². The Kier molecular flexibility index (Phi) is 3.15. The Morgan fingerprint density at radius 1 is 1.00 bits per heavy atom. The molecule has 2 aromatic carbocycles. The Hall–Kier alpha value is -2.35. The molecule has 0 aliphatic rings. The van der Waals surface area contributed by atoms with E-state index in [9.17, 15) is 4.79 Å². The summed E-state index contributed by atoms with van der Waals surface area (Å²) in [6, 6.07) is 16.4. The van der Waals surface area contributed by atoms with Crippen LogP contribution in [0.4, 0.5) is 0 Å². The van der Waals surface area contributed by atoms with Gasteiger partial charge in [-0.1, -0.05) is 49.4 Å². The predicted octanol–water partition coefficient (Wildman–Crippen LogP) is 4.07. The van der Waals surface area contributed by atoms with Gasteiger partial charge in [0.05, 0.1) is 0 Å². The Morgan fingerprint density at radius 3 is 2.40 bits per heavy atom. The van der Waals surface area contributed by atoms with Crippen molar-refractivity contribution in [2.75, 3.05) is 0 Å². The van der Waals surface area contributed by atoms with E-state index >= 15 is 0 Å². The summed E-state index contributed by atoms with van der Waals surface area (Å²) in [6.07, 6.45) is 1.02. The van der Waals surface area contributed by atoms with E-state index in [0.717, 1.165) is 34.0 Å². The highest BCUT2D eigenvalue weighted by molar-refractivity contribution is 5.95. The van der Waals surface area contributed by atoms with Crippen LogP contribution in [0.15, 0.2) is 53.3 Å². The van der Waals surface area contributed by atoms with Crippen molar-refractivity contribution < 1.29 is 0 Å². The molecule has 0 atom stereocenters. The maximum atomic E-state index is 12.1. The van der Waals surface area contributed by atoms with E-state index in [1.54, 1.807) is 0 Å². The van der Waals surface area contributed by atoms with Crippen LogP contribution in [0.5, 0.6) is 0 Å². The number of hydrogen-bond acceptors (Lipinski definition) is 1. The summed E-state index contributed by atoms with van der Waals surface area (Å²) in [5, 5.41) is 1.09. The van der Waals surface area contributed by atoms with Gasteiger partial charge in [0, 0.05) is 16.5 Å². The monoisotopic (exact) mass is 263 g/mol. The van der Waals surface area contributed by atoms with Gasteiger partial charge in [-0.25, -0.2) is 0 Å². The molecule has 2 heteroatoms. The topological polar surface area (TPSA) is 32.9 Å². The molecule has 0 unspecified atom stereocenters. The fourth-order valence-electron chi connectivity index (χ4n) is 2.62. The fourth-order valence-corrected chi connectivity index (χ4v) is 2.62. The maximum Gasteiger partial charge on any atom is 0.251 e. The zero-order chi connectivity index (χ0) is 14.1. The van der Waals surface area contributed by atoms with Gasteiger partial charge in [0.25, 0.3) is 5.56 Å². The molecule has 0 fully saturated rings. The molecule has 1 N–H and O–H groups in total. The molecule has 0 aliphatic carbocycles. The van der Waals surface area contributed by atoms with E-state index in [2.05, 4.69) is 42.2 Å². The summed E-state index contributed by atoms with van der Waals surface area (Å²) < 4.78 is 0. The molecule has 1 aromatic heterocycles. The van der Waals surface area contributed by atoms with Crippen molar-refractivity contribution in [1.82, 2.24) is 4.98 Å². The number of para-hydroxylation sites is 1. The number of H-pyrrole nitrogens is 1. The molecule has 3 rings (SSSR count). The van der Waals surface area contributed by atoms with Crippen molar-refractivity contribution in [2.24, 2.45) is 0 Å². The third kappa shape index (κ3) is 2.03. The number of aromatic amines is 1. The highest BCUT2D eigenvalue weighted by Crippen LogP contribution is 2.29. The quantitative estimate of drug-likeness (QED) is 0.743. The van der Waals surface area contributed by atoms with E-state index < -0.39 is 0 Å². The van der Waals surface area contributed by atoms with Gasteiger partial charge in [0.2, 0.25) is 0 Å². The molecule has 100 valence electrons. The van der Waals surface area contributed by atoms with Crippen LogP contribution in [0.1, 0.15) is 18.1 Å². The minimum atomic E-state index is -0.0155. The van der Waals surface area contributed by atoms with Crippen molar-refractivity contribution in [2.45, 2.75) is 20.3 Å². The van der Waals surface area contributed by atoms with Gasteiger partial charge in [-0.2, -0.15) is 0 Å². The molecular formula is C18H17NO. The van der Waals surface area contributed by atoms with E-state index in [0.29, 0.717) is 0 Å². The molecule has 0 radical (unpaired) electrons. The van der Waals surface area contributed by atoms with Crippen molar-refractivity contribution in [1.29, 1.82) is 0 Å². The second kappa shape index (κ2) is 4.97. The van der Waals surface area contributed by atoms with Crippen molar-refractivity contribution >= 4 is 10.9 Å². The van der Waals surface area contributed by atoms with Crippen LogP contribution in [0.3, 0.4) is 0 Å². The number of aryl methyl sites for hydroxylation is 1. The van der Waals surface area contributed by atoms with Crippen LogP contribution < -0.4 is 5.56 Å². The number of rotatable bonds is 2. The minimum absolute atomic E-state index is 0.0155. The molecule has 0 saturated heterocycles. The second-order valence-corrected chi connectivity index (χ2v) is 5.05. The zero-order valence-electron chi connectivity index (χ0n) is 11.7. The first-order valence-electron chi connectivity index (χ1n) is 6.91. The zero-order valence-corrected chi connectivity index (χ0v) is 11.7. The van der Waals surface area contributed by atoms with Crippen LogP contribution in [0.2, 0.25) is 0 Å². The molecule has 3 aromatic rings. The number of fused-ring (bicyclic) bond motifs is 1. The predicted molar refractivity (Wildman–Crippen MR) is 84.1 cm³/mol. The normalized spacial score (nSPS) is 10.9. The lowest BCUT2D eigenvalue weighted by Crippen LogP contribution is -2.11. The third-order valence-electron chi connectivity index (χ3n) is 3.81. The first-order valence-corrected chi connectivity index (χ1v) is 6.91. The smallest absolute Gasteiger partial charge is 0.251 e. The Balaban J connectivity index is 2.33. The lowest BCUT2D eigenvalue weighted by molar-refractivity contribution is 1.14. The van der Waals surface area contributed by atoms with Crippen molar-refractivity contribution in [3.8, 4) is 11.1 Å². The highest BCUT2D eigenvalue weighted by atomic mass is 16.1. The maximum absolute atomic E-state index is 12.1. The number of benzene rings is 2. The first-order chi connectivity index (χ1) is 9.70. The molecule has 0 amide bonds. The summed E-state index contributed by atoms with van der Waals surface area (Å²) in [5.74, 6) is 0. The number of hydrogen-bond donors (Lipinski definition) is 1. The molecule has 0 aliphatic heterocycles. The van der Waals surface area contributed by atoms with Crippen LogP contribution >= 0.6 is 0 Å². The standard InChI is InChI=1S/C18H17NO/c1-3-13-8-10-14(11-9-13)17-12(2)18(20)19-16-7-5-4-6-15(16)17/h4-11H,3H2,1-2H3,(H,19,20). The lowest BCUT2D eigenvalue weighted by Gasteiger charge is -2.10. The molecule has 20 heavy (non-hydrogen) atoms. The van der Waals surface area contributed by atoms with Crippen LogP contribution in [0.25, 0.3) is 22.0 Å². The second-order valence-electron chi connectivity index (χ2n) is 5.05. The lowest BCUT2D eigenvalue weighted by atomic mass is 9.96. The largest absolute Gasteiger partial charge is 0.322 e. The summed E-state index contributed by atoms with van der Waals surface area (Å²) in [5.41, 5.74) is 5.08. The summed E-state index contributed by atoms with van der Waals surface area (Å²) >= 11 is 0. The summed E-state index contributed by atoms with van der Waals surface area (Å²) in [4.78, 5) is 15.0. The summed E-state index contributed by atoms with van der Waals surface area (Å²) in [6.45, 7) is 4.03. The van der Waals surface area contributed by atoms with Gasteiger partial charge in [-0.15, -0.1) is 0 Å². The van der Waals surface area contributed by atoms with Gasteiger partial charge in [-0.3, -0.25) is 4.79 Å². The first kappa shape index (κ1) is 12.7. The van der Waals surface area contributed by atoms with Gasteiger partial charge < -0.3 is 4.98 Å². The highest BCUT2D eigenvalue weighted by Gasteiger charge is 2.10. The Morgan fingerprint density at radius 2 is 1.70 bits per heavy atom. The Labute approximate surface area is 118 Å². The minimum Gasteiger partial charge on any atom is -0.322 e. The van der Waals surface area contributed by atoms with Gasteiger partial charge in [-0.05, 0) is 36.1 Å². The van der Waals surface area contributed by atoms with Crippen LogP contribution in [-0.2, 0) is 6.42 Å². The fraction of sp³-hybridized carbons (Fsp3) is 0.167. The average molecular weight is 263 g/mol. The van der Waals surface area contributed by atoms with Crippen LogP contribution in [-0.4, -0.2) is 4.98 Å². The Bertz CT molecular complexity index is 813. The van der Waals surface area contributed by atoms with Gasteiger partial charge >= 0.3 is 0 Å². The molecular weight excluding hydrogens is 246 g/mol. The molecule has 0 saturated carbocycles. The van der Waals surface area contributed by atoms with E-state index in [4.69, 9.17) is 0 Å². The molecule has 1 heterocycles. The molecule has 0 bridgehead atoms. The number of pyridine rings is 1. The summed E-state index contributed by atoms with van der Waals surface area (Å²) in [7, 11) is 0. The molecule has 0 spiro atoms. The van der Waals surface area contributed by atoms with Gasteiger partial charge in [0.1, 0.15) is 0 Å². The third-order valence-corrected chi connectivity index (χ3v) is 3.81. The molecule has 2 nitrogen and oxygen atoms in total. The number of aromatic nitrogens is 1. The average Bonchev–Trinajstić information content (AvgIpc) is 2.49. The van der Waals surface area contributed by atoms with E-state index in [1.165, 1.54) is 5.56 Å². The van der Waals surface area contributed by atoms with E-state index in [-0.39, 0.29) is 5.56 Å².